The second-order valence-electron chi connectivity index (χ2n) is 7.18. The first-order valence-corrected chi connectivity index (χ1v) is 9.28. The predicted octanol–water partition coefficient (Wildman–Crippen LogP) is 3.52. The van der Waals surface area contributed by atoms with Gasteiger partial charge in [-0.3, -0.25) is 20.2 Å². The van der Waals surface area contributed by atoms with Gasteiger partial charge in [0, 0.05) is 10.8 Å². The van der Waals surface area contributed by atoms with Gasteiger partial charge < -0.3 is 0 Å². The highest BCUT2D eigenvalue weighted by Crippen LogP contribution is 2.41. The number of hydrogen-bond acceptors (Lipinski definition) is 5. The summed E-state index contributed by atoms with van der Waals surface area (Å²) in [5.74, 6) is -0.781. The van der Waals surface area contributed by atoms with Crippen molar-refractivity contribution in [3.05, 3.63) is 40.8 Å². The maximum absolute atomic E-state index is 13.5. The van der Waals surface area contributed by atoms with E-state index < -0.39 is 17.8 Å². The van der Waals surface area contributed by atoms with Crippen molar-refractivity contribution in [3.8, 4) is 11.3 Å². The molecule has 0 saturated heterocycles. The number of hydroxylamine groups is 1. The zero-order valence-electron chi connectivity index (χ0n) is 15.4. The van der Waals surface area contributed by atoms with Crippen LogP contribution in [0, 0.1) is 0 Å². The molecule has 1 aliphatic carbocycles. The first kappa shape index (κ1) is 18.6. The van der Waals surface area contributed by atoms with Crippen molar-refractivity contribution in [2.45, 2.75) is 31.9 Å². The van der Waals surface area contributed by atoms with Gasteiger partial charge in [-0.1, -0.05) is 0 Å². The Hall–Kier alpha value is -3.47. The molecule has 8 nitrogen and oxygen atoms in total. The van der Waals surface area contributed by atoms with Crippen LogP contribution >= 0.6 is 0 Å². The topological polar surface area (TPSA) is 120 Å². The predicted molar refractivity (Wildman–Crippen MR) is 99.9 cm³/mol. The van der Waals surface area contributed by atoms with E-state index in [4.69, 9.17) is 5.21 Å². The van der Waals surface area contributed by atoms with Crippen molar-refractivity contribution < 1.29 is 23.2 Å². The number of carbonyl (C=O) groups excluding carboxylic acids is 1. The molecule has 0 radical (unpaired) electrons. The molecule has 0 saturated carbocycles. The quantitative estimate of drug-likeness (QED) is 0.294. The zero-order chi connectivity index (χ0) is 21.0. The molecule has 4 N–H and O–H groups in total. The van der Waals surface area contributed by atoms with Gasteiger partial charge in [-0.25, -0.2) is 10.5 Å². The zero-order valence-corrected chi connectivity index (χ0v) is 15.4. The summed E-state index contributed by atoms with van der Waals surface area (Å²) in [6, 6.07) is 3.34. The van der Waals surface area contributed by atoms with Gasteiger partial charge >= 0.3 is 6.18 Å². The fraction of sp³-hybridized carbons (Fsp3) is 0.263. The average molecular weight is 416 g/mol. The number of aromatic amines is 2. The molecule has 154 valence electrons. The molecule has 0 fully saturated rings. The Labute approximate surface area is 166 Å². The number of aromatic nitrogens is 5. The molecule has 11 heteroatoms. The van der Waals surface area contributed by atoms with E-state index in [1.165, 1.54) is 0 Å². The molecular formula is C19H15F3N6O2. The molecule has 1 aliphatic rings. The third-order valence-electron chi connectivity index (χ3n) is 5.49. The van der Waals surface area contributed by atoms with Gasteiger partial charge in [-0.15, -0.1) is 0 Å². The van der Waals surface area contributed by atoms with Crippen LogP contribution in [-0.2, 0) is 19.0 Å². The Balaban J connectivity index is 1.88. The molecule has 0 bridgehead atoms. The molecule has 0 aliphatic heterocycles. The number of H-pyrrole nitrogens is 2. The van der Waals surface area contributed by atoms with Gasteiger partial charge in [0.2, 0.25) is 0 Å². The van der Waals surface area contributed by atoms with Crippen molar-refractivity contribution in [2.75, 3.05) is 0 Å². The molecule has 0 unspecified atom stereocenters. The Morgan fingerprint density at radius 1 is 1.10 bits per heavy atom. The summed E-state index contributed by atoms with van der Waals surface area (Å²) >= 11 is 0. The minimum absolute atomic E-state index is 0.000264. The highest BCUT2D eigenvalue weighted by Gasteiger charge is 2.37. The first-order chi connectivity index (χ1) is 14.4. The lowest BCUT2D eigenvalue weighted by Gasteiger charge is -2.22. The molecule has 3 aromatic heterocycles. The largest absolute Gasteiger partial charge is 0.433 e. The summed E-state index contributed by atoms with van der Waals surface area (Å²) in [5.41, 5.74) is 3.37. The second kappa shape index (κ2) is 6.52. The highest BCUT2D eigenvalue weighted by atomic mass is 19.4. The smallest absolute Gasteiger partial charge is 0.288 e. The molecule has 5 rings (SSSR count). The van der Waals surface area contributed by atoms with E-state index in [9.17, 15) is 18.0 Å². The number of hydrogen-bond donors (Lipinski definition) is 4. The van der Waals surface area contributed by atoms with Gasteiger partial charge in [0.05, 0.1) is 28.5 Å². The number of alkyl halides is 3. The molecule has 1 amide bonds. The fourth-order valence-corrected chi connectivity index (χ4v) is 4.25. The first-order valence-electron chi connectivity index (χ1n) is 9.28. The maximum Gasteiger partial charge on any atom is 0.433 e. The van der Waals surface area contributed by atoms with Crippen LogP contribution in [0.4, 0.5) is 13.2 Å². The molecule has 0 spiro atoms. The van der Waals surface area contributed by atoms with Gasteiger partial charge in [-0.05, 0) is 48.9 Å². The summed E-state index contributed by atoms with van der Waals surface area (Å²) < 4.78 is 40.4. The molecule has 3 heterocycles. The van der Waals surface area contributed by atoms with Crippen molar-refractivity contribution in [1.29, 1.82) is 0 Å². The normalized spacial score (nSPS) is 14.3. The number of pyridine rings is 1. The number of rotatable bonds is 2. The van der Waals surface area contributed by atoms with Crippen molar-refractivity contribution in [1.82, 2.24) is 30.9 Å². The number of nitrogens with zero attached hydrogens (tertiary/aromatic N) is 3. The van der Waals surface area contributed by atoms with Crippen LogP contribution in [0.2, 0.25) is 0 Å². The summed E-state index contributed by atoms with van der Waals surface area (Å²) in [5, 5.41) is 22.6. The van der Waals surface area contributed by atoms with E-state index >= 15 is 0 Å². The summed E-state index contributed by atoms with van der Waals surface area (Å²) in [6.07, 6.45) is -0.578. The average Bonchev–Trinajstić information content (AvgIpc) is 3.39. The fourth-order valence-electron chi connectivity index (χ4n) is 4.25. The van der Waals surface area contributed by atoms with Crippen molar-refractivity contribution in [2.24, 2.45) is 0 Å². The lowest BCUT2D eigenvalue weighted by atomic mass is 9.85. The molecule has 1 aromatic carbocycles. The van der Waals surface area contributed by atoms with Crippen LogP contribution in [0.3, 0.4) is 0 Å². The number of halogens is 3. The number of nitrogens with one attached hydrogen (secondary N) is 3. The Morgan fingerprint density at radius 2 is 1.87 bits per heavy atom. The number of aryl methyl sites for hydroxylation is 1. The third kappa shape index (κ3) is 2.65. The van der Waals surface area contributed by atoms with E-state index in [0.717, 1.165) is 24.6 Å². The van der Waals surface area contributed by atoms with Gasteiger partial charge in [0.25, 0.3) is 5.91 Å². The summed E-state index contributed by atoms with van der Waals surface area (Å²) in [6.45, 7) is 0. The molecule has 4 aromatic rings. The minimum atomic E-state index is -4.59. The van der Waals surface area contributed by atoms with E-state index in [-0.39, 0.29) is 17.0 Å². The van der Waals surface area contributed by atoms with E-state index in [1.54, 1.807) is 17.6 Å². The van der Waals surface area contributed by atoms with Gasteiger partial charge in [0.15, 0.2) is 5.69 Å². The molecular weight excluding hydrogens is 401 g/mol. The number of amides is 1. The minimum Gasteiger partial charge on any atom is -0.288 e. The summed E-state index contributed by atoms with van der Waals surface area (Å²) in [7, 11) is 0. The molecule has 30 heavy (non-hydrogen) atoms. The van der Waals surface area contributed by atoms with Gasteiger partial charge in [-0.2, -0.15) is 23.4 Å². The van der Waals surface area contributed by atoms with E-state index in [1.807, 2.05) is 5.10 Å². The van der Waals surface area contributed by atoms with Crippen LogP contribution in [0.15, 0.2) is 18.3 Å². The number of benzene rings is 1. The lowest BCUT2D eigenvalue weighted by Crippen LogP contribution is -2.19. The maximum atomic E-state index is 13.5. The van der Waals surface area contributed by atoms with E-state index in [0.29, 0.717) is 40.2 Å². The number of carbonyl (C=O) groups is 1. The summed E-state index contributed by atoms with van der Waals surface area (Å²) in [4.78, 5) is 16.7. The second-order valence-corrected chi connectivity index (χ2v) is 7.18. The Kier molecular flexibility index (Phi) is 4.03. The van der Waals surface area contributed by atoms with E-state index in [2.05, 4.69) is 20.3 Å². The Bertz CT molecular complexity index is 1310. The van der Waals surface area contributed by atoms with Crippen LogP contribution in [0.1, 0.15) is 40.2 Å². The van der Waals surface area contributed by atoms with Crippen LogP contribution < -0.4 is 5.48 Å². The van der Waals surface area contributed by atoms with Crippen LogP contribution in [-0.4, -0.2) is 36.5 Å². The standard InChI is InChI=1S/C19H15F3N6O2/c20-19(21,22)17-10(7-23-27-17)15-9-4-2-1-3-8(9)13-11(24-15)5-6-12-14(13)16(26-25-12)18(29)28-30/h5-7,30H,1-4H2,(H,23,27)(H,25,26)(H,28,29). The van der Waals surface area contributed by atoms with Crippen molar-refractivity contribution >= 4 is 27.7 Å². The Morgan fingerprint density at radius 3 is 2.60 bits per heavy atom. The third-order valence-corrected chi connectivity index (χ3v) is 5.49. The monoisotopic (exact) mass is 416 g/mol. The lowest BCUT2D eigenvalue weighted by molar-refractivity contribution is -0.140. The van der Waals surface area contributed by atoms with Gasteiger partial charge in [0.1, 0.15) is 5.69 Å². The highest BCUT2D eigenvalue weighted by molar-refractivity contribution is 6.16. The number of fused-ring (bicyclic) bond motifs is 5. The van der Waals surface area contributed by atoms with Crippen LogP contribution in [0.5, 0.6) is 0 Å². The SMILES string of the molecule is O=C(NO)c1n[nH]c2ccc3nc(-c4cn[nH]c4C(F)(F)F)c4c(c3c12)CCCC4. The van der Waals surface area contributed by atoms with Crippen molar-refractivity contribution in [3.63, 3.8) is 0 Å². The molecule has 0 atom stereocenters. The van der Waals surface area contributed by atoms with Crippen LogP contribution in [0.25, 0.3) is 33.1 Å².